The Kier molecular flexibility index (Phi) is 5.16. The third-order valence-electron chi connectivity index (χ3n) is 3.02. The lowest BCUT2D eigenvalue weighted by molar-refractivity contribution is 0.411. The largest absolute Gasteiger partial charge is 0.496 e. The number of halogens is 1. The Morgan fingerprint density at radius 1 is 1.53 bits per heavy atom. The minimum atomic E-state index is -3.44. The molecule has 106 valence electrons. The van der Waals surface area contributed by atoms with Gasteiger partial charge >= 0.3 is 0 Å². The van der Waals surface area contributed by atoms with Gasteiger partial charge in [-0.2, -0.15) is 11.8 Å². The number of methoxy groups -OCH3 is 1. The van der Waals surface area contributed by atoms with Gasteiger partial charge in [-0.1, -0.05) is 0 Å². The van der Waals surface area contributed by atoms with E-state index in [1.165, 1.54) is 0 Å². The Balaban J connectivity index is 2.08. The average Bonchev–Trinajstić information content (AvgIpc) is 2.89. The number of benzene rings is 1. The van der Waals surface area contributed by atoms with Gasteiger partial charge in [0.25, 0.3) is 0 Å². The minimum Gasteiger partial charge on any atom is -0.496 e. The summed E-state index contributed by atoms with van der Waals surface area (Å²) < 4.78 is 32.7. The molecule has 1 N–H and O–H groups in total. The van der Waals surface area contributed by atoms with Crippen LogP contribution in [0, 0.1) is 5.92 Å². The number of thioether (sulfide) groups is 1. The van der Waals surface area contributed by atoms with Crippen molar-refractivity contribution in [1.82, 2.24) is 4.72 Å². The predicted octanol–water partition coefficient (Wildman–Crippen LogP) is 2.49. The van der Waals surface area contributed by atoms with E-state index >= 15 is 0 Å². The lowest BCUT2D eigenvalue weighted by Gasteiger charge is -2.11. The first-order valence-electron chi connectivity index (χ1n) is 5.94. The van der Waals surface area contributed by atoms with E-state index in [-0.39, 0.29) is 4.90 Å². The standard InChI is InChI=1S/C12H16BrNO3S2/c1-17-12-3-2-10(6-11(12)13)19(15,16)14-7-9-4-5-18-8-9/h2-3,6,9,14H,4-5,7-8H2,1H3. The molecule has 1 saturated heterocycles. The molecule has 1 heterocycles. The molecule has 1 aromatic rings. The molecule has 1 aromatic carbocycles. The first-order chi connectivity index (χ1) is 9.03. The third-order valence-corrected chi connectivity index (χ3v) is 6.29. The molecule has 19 heavy (non-hydrogen) atoms. The summed E-state index contributed by atoms with van der Waals surface area (Å²) in [6.45, 7) is 0.513. The van der Waals surface area contributed by atoms with Crippen molar-refractivity contribution in [3.8, 4) is 5.75 Å². The zero-order valence-corrected chi connectivity index (χ0v) is 13.8. The molecule has 0 radical (unpaired) electrons. The summed E-state index contributed by atoms with van der Waals surface area (Å²) in [5.74, 6) is 3.22. The number of hydrogen-bond acceptors (Lipinski definition) is 4. The van der Waals surface area contributed by atoms with Crippen LogP contribution in [0.15, 0.2) is 27.6 Å². The molecule has 0 aliphatic carbocycles. The van der Waals surface area contributed by atoms with Crippen molar-refractivity contribution >= 4 is 37.7 Å². The molecule has 1 unspecified atom stereocenters. The Bertz CT molecular complexity index is 542. The molecule has 7 heteroatoms. The number of hydrogen-bond donors (Lipinski definition) is 1. The maximum atomic E-state index is 12.2. The molecule has 0 spiro atoms. The van der Waals surface area contributed by atoms with Crippen LogP contribution >= 0.6 is 27.7 Å². The molecule has 1 atom stereocenters. The van der Waals surface area contributed by atoms with E-state index in [0.29, 0.717) is 22.7 Å². The first kappa shape index (κ1) is 15.2. The molecule has 1 aliphatic heterocycles. The topological polar surface area (TPSA) is 55.4 Å². The van der Waals surface area contributed by atoms with E-state index in [0.717, 1.165) is 17.9 Å². The molecule has 0 saturated carbocycles. The van der Waals surface area contributed by atoms with E-state index in [1.807, 2.05) is 11.8 Å². The van der Waals surface area contributed by atoms with E-state index < -0.39 is 10.0 Å². The van der Waals surface area contributed by atoms with Gasteiger partial charge in [-0.3, -0.25) is 0 Å². The molecule has 0 aromatic heterocycles. The molecule has 4 nitrogen and oxygen atoms in total. The predicted molar refractivity (Wildman–Crippen MR) is 81.3 cm³/mol. The van der Waals surface area contributed by atoms with Gasteiger partial charge in [0.15, 0.2) is 0 Å². The van der Waals surface area contributed by atoms with Crippen LogP contribution in [0.25, 0.3) is 0 Å². The van der Waals surface area contributed by atoms with E-state index in [4.69, 9.17) is 4.74 Å². The first-order valence-corrected chi connectivity index (χ1v) is 9.37. The highest BCUT2D eigenvalue weighted by Gasteiger charge is 2.20. The van der Waals surface area contributed by atoms with Crippen molar-refractivity contribution in [3.05, 3.63) is 22.7 Å². The van der Waals surface area contributed by atoms with Crippen LogP contribution < -0.4 is 9.46 Å². The van der Waals surface area contributed by atoms with Crippen LogP contribution in [0.5, 0.6) is 5.75 Å². The van der Waals surface area contributed by atoms with Crippen LogP contribution in [-0.2, 0) is 10.0 Å². The fourth-order valence-corrected chi connectivity index (χ4v) is 4.99. The van der Waals surface area contributed by atoms with Crippen molar-refractivity contribution in [3.63, 3.8) is 0 Å². The summed E-state index contributed by atoms with van der Waals surface area (Å²) in [6, 6.07) is 4.75. The van der Waals surface area contributed by atoms with Gasteiger partial charge in [-0.05, 0) is 58.0 Å². The smallest absolute Gasteiger partial charge is 0.240 e. The number of rotatable bonds is 5. The van der Waals surface area contributed by atoms with Gasteiger partial charge in [0.1, 0.15) is 5.75 Å². The molecule has 2 rings (SSSR count). The van der Waals surface area contributed by atoms with Crippen molar-refractivity contribution in [2.24, 2.45) is 5.92 Å². The van der Waals surface area contributed by atoms with Gasteiger partial charge in [-0.15, -0.1) is 0 Å². The minimum absolute atomic E-state index is 0.255. The van der Waals surface area contributed by atoms with Gasteiger partial charge in [-0.25, -0.2) is 13.1 Å². The molecular formula is C12H16BrNO3S2. The molecule has 0 amide bonds. The van der Waals surface area contributed by atoms with Crippen LogP contribution in [0.3, 0.4) is 0 Å². The van der Waals surface area contributed by atoms with E-state index in [9.17, 15) is 8.42 Å². The fraction of sp³-hybridized carbons (Fsp3) is 0.500. The summed E-state index contributed by atoms with van der Waals surface area (Å²) in [7, 11) is -1.89. The number of sulfonamides is 1. The van der Waals surface area contributed by atoms with Crippen LogP contribution in [0.4, 0.5) is 0 Å². The Morgan fingerprint density at radius 2 is 2.32 bits per heavy atom. The van der Waals surface area contributed by atoms with Gasteiger partial charge in [0, 0.05) is 6.54 Å². The molecular weight excluding hydrogens is 350 g/mol. The fourth-order valence-electron chi connectivity index (χ4n) is 1.87. The summed E-state index contributed by atoms with van der Waals surface area (Å²) in [5, 5.41) is 0. The summed E-state index contributed by atoms with van der Waals surface area (Å²) in [6.07, 6.45) is 1.08. The lowest BCUT2D eigenvalue weighted by atomic mass is 10.1. The maximum absolute atomic E-state index is 12.2. The van der Waals surface area contributed by atoms with Crippen molar-refractivity contribution in [1.29, 1.82) is 0 Å². The second-order valence-electron chi connectivity index (χ2n) is 4.38. The maximum Gasteiger partial charge on any atom is 0.240 e. The van der Waals surface area contributed by atoms with E-state index in [2.05, 4.69) is 20.7 Å². The van der Waals surface area contributed by atoms with Crippen LogP contribution in [0.1, 0.15) is 6.42 Å². The van der Waals surface area contributed by atoms with Gasteiger partial charge in [0.05, 0.1) is 16.5 Å². The summed E-state index contributed by atoms with van der Waals surface area (Å²) in [5.41, 5.74) is 0. The monoisotopic (exact) mass is 365 g/mol. The average molecular weight is 366 g/mol. The quantitative estimate of drug-likeness (QED) is 0.870. The number of ether oxygens (including phenoxy) is 1. The van der Waals surface area contributed by atoms with Crippen molar-refractivity contribution < 1.29 is 13.2 Å². The molecule has 0 bridgehead atoms. The van der Waals surface area contributed by atoms with Crippen molar-refractivity contribution in [2.45, 2.75) is 11.3 Å². The Morgan fingerprint density at radius 3 is 2.89 bits per heavy atom. The normalized spacial score (nSPS) is 19.6. The molecule has 1 fully saturated rings. The second-order valence-corrected chi connectivity index (χ2v) is 8.15. The second kappa shape index (κ2) is 6.47. The zero-order chi connectivity index (χ0) is 13.9. The summed E-state index contributed by atoms with van der Waals surface area (Å²) >= 11 is 5.17. The Labute approximate surface area is 126 Å². The molecule has 1 aliphatic rings. The van der Waals surface area contributed by atoms with Crippen molar-refractivity contribution in [2.75, 3.05) is 25.2 Å². The zero-order valence-electron chi connectivity index (χ0n) is 10.6. The van der Waals surface area contributed by atoms with Crippen LogP contribution in [-0.4, -0.2) is 33.6 Å². The highest BCUT2D eigenvalue weighted by molar-refractivity contribution is 9.10. The highest BCUT2D eigenvalue weighted by Crippen LogP contribution is 2.28. The van der Waals surface area contributed by atoms with Crippen LogP contribution in [0.2, 0.25) is 0 Å². The van der Waals surface area contributed by atoms with E-state index in [1.54, 1.807) is 25.3 Å². The summed E-state index contributed by atoms with van der Waals surface area (Å²) in [4.78, 5) is 0.255. The third kappa shape index (κ3) is 3.87. The van der Waals surface area contributed by atoms with Gasteiger partial charge in [0.2, 0.25) is 10.0 Å². The highest BCUT2D eigenvalue weighted by atomic mass is 79.9. The van der Waals surface area contributed by atoms with Gasteiger partial charge < -0.3 is 4.74 Å². The number of nitrogens with one attached hydrogen (secondary N) is 1. The SMILES string of the molecule is COc1ccc(S(=O)(=O)NCC2CCSC2)cc1Br. The Hall–Kier alpha value is -0.240. The lowest BCUT2D eigenvalue weighted by Crippen LogP contribution is -2.29.